The van der Waals surface area contributed by atoms with E-state index >= 15 is 0 Å². The van der Waals surface area contributed by atoms with E-state index in [2.05, 4.69) is 16.0 Å². The monoisotopic (exact) mass is 665 g/mol. The van der Waals surface area contributed by atoms with Crippen LogP contribution in [0, 0.1) is 6.92 Å². The Kier molecular flexibility index (Phi) is 10.9. The van der Waals surface area contributed by atoms with Gasteiger partial charge in [-0.05, 0) is 84.3 Å². The average Bonchev–Trinajstić information content (AvgIpc) is 3.07. The molecule has 0 heterocycles. The van der Waals surface area contributed by atoms with E-state index in [-0.39, 0.29) is 11.6 Å². The standard InChI is InChI=1S/C37H29Cl2N3O3S/c1-24-15-18-29(39)22-32(24)41-37(45)34(26-9-4-2-5-10-26)46-31-14-8-13-30(23-31)40-36(44)33(21-25-16-19-28(38)20-17-25)42-35(43)27-11-6-3-7-12-27/h2-23,34H,1H3,(H,40,44)(H,41,45)(H,42,43)/b33-21+. The quantitative estimate of drug-likeness (QED) is 0.103. The van der Waals surface area contributed by atoms with Gasteiger partial charge in [-0.2, -0.15) is 0 Å². The maximum atomic E-state index is 13.6. The van der Waals surface area contributed by atoms with Crippen LogP contribution in [0.2, 0.25) is 10.0 Å². The van der Waals surface area contributed by atoms with Crippen molar-refractivity contribution in [2.45, 2.75) is 17.1 Å². The summed E-state index contributed by atoms with van der Waals surface area (Å²) in [6.45, 7) is 1.90. The minimum Gasteiger partial charge on any atom is -0.325 e. The van der Waals surface area contributed by atoms with Gasteiger partial charge in [0, 0.05) is 31.9 Å². The van der Waals surface area contributed by atoms with Crippen molar-refractivity contribution in [1.29, 1.82) is 0 Å². The molecule has 0 aliphatic rings. The summed E-state index contributed by atoms with van der Waals surface area (Å²) in [7, 11) is 0. The third-order valence-electron chi connectivity index (χ3n) is 6.85. The van der Waals surface area contributed by atoms with Crippen molar-refractivity contribution in [3.63, 3.8) is 0 Å². The van der Waals surface area contributed by atoms with E-state index in [9.17, 15) is 14.4 Å². The SMILES string of the molecule is Cc1ccc(Cl)cc1NC(=O)C(Sc1cccc(NC(=O)/C(=C\c2ccc(Cl)cc2)NC(=O)c2ccccc2)c1)c1ccccc1. The Morgan fingerprint density at radius 3 is 2.11 bits per heavy atom. The molecule has 3 amide bonds. The van der Waals surface area contributed by atoms with Crippen molar-refractivity contribution in [3.8, 4) is 0 Å². The molecule has 0 radical (unpaired) electrons. The Labute approximate surface area is 281 Å². The first-order valence-corrected chi connectivity index (χ1v) is 15.9. The van der Waals surface area contributed by atoms with Gasteiger partial charge < -0.3 is 16.0 Å². The molecule has 3 N–H and O–H groups in total. The number of carbonyl (C=O) groups is 3. The van der Waals surface area contributed by atoms with Gasteiger partial charge in [0.25, 0.3) is 11.8 Å². The van der Waals surface area contributed by atoms with Crippen LogP contribution in [0.5, 0.6) is 0 Å². The lowest BCUT2D eigenvalue weighted by Crippen LogP contribution is -2.30. The number of anilines is 2. The molecule has 0 spiro atoms. The Morgan fingerprint density at radius 1 is 0.717 bits per heavy atom. The summed E-state index contributed by atoms with van der Waals surface area (Å²) in [4.78, 5) is 41.0. The highest BCUT2D eigenvalue weighted by molar-refractivity contribution is 8.00. The second-order valence-electron chi connectivity index (χ2n) is 10.3. The molecule has 0 aliphatic carbocycles. The molecule has 0 bridgehead atoms. The minimum atomic E-state index is -0.601. The topological polar surface area (TPSA) is 87.3 Å². The van der Waals surface area contributed by atoms with Crippen molar-refractivity contribution in [1.82, 2.24) is 5.32 Å². The van der Waals surface area contributed by atoms with Gasteiger partial charge in [-0.15, -0.1) is 11.8 Å². The summed E-state index contributed by atoms with van der Waals surface area (Å²) in [5.74, 6) is -1.16. The molecule has 0 aliphatic heterocycles. The zero-order valence-corrected chi connectivity index (χ0v) is 27.0. The van der Waals surface area contributed by atoms with Crippen molar-refractivity contribution in [2.75, 3.05) is 10.6 Å². The molecule has 0 saturated heterocycles. The van der Waals surface area contributed by atoms with Gasteiger partial charge in [-0.1, -0.05) is 96.0 Å². The summed E-state index contributed by atoms with van der Waals surface area (Å²) < 4.78 is 0. The number of hydrogen-bond donors (Lipinski definition) is 3. The van der Waals surface area contributed by atoms with Crippen molar-refractivity contribution in [3.05, 3.63) is 165 Å². The minimum absolute atomic E-state index is 0.0488. The highest BCUT2D eigenvalue weighted by atomic mass is 35.5. The zero-order valence-electron chi connectivity index (χ0n) is 24.7. The number of thioether (sulfide) groups is 1. The first-order chi connectivity index (χ1) is 22.2. The smallest absolute Gasteiger partial charge is 0.272 e. The molecule has 46 heavy (non-hydrogen) atoms. The normalized spacial score (nSPS) is 11.8. The Bertz CT molecular complexity index is 1880. The van der Waals surface area contributed by atoms with Crippen LogP contribution in [0.15, 0.2) is 138 Å². The van der Waals surface area contributed by atoms with Crippen LogP contribution in [-0.2, 0) is 9.59 Å². The number of amides is 3. The lowest BCUT2D eigenvalue weighted by molar-refractivity contribution is -0.116. The van der Waals surface area contributed by atoms with E-state index in [4.69, 9.17) is 23.2 Å². The van der Waals surface area contributed by atoms with Crippen LogP contribution in [-0.4, -0.2) is 17.7 Å². The highest BCUT2D eigenvalue weighted by Crippen LogP contribution is 2.37. The van der Waals surface area contributed by atoms with Crippen LogP contribution in [0.4, 0.5) is 11.4 Å². The molecule has 1 atom stereocenters. The van der Waals surface area contributed by atoms with Gasteiger partial charge in [0.1, 0.15) is 10.9 Å². The van der Waals surface area contributed by atoms with E-state index in [1.165, 1.54) is 11.8 Å². The molecular weight excluding hydrogens is 637 g/mol. The Balaban J connectivity index is 1.38. The number of hydrogen-bond acceptors (Lipinski definition) is 4. The fraction of sp³-hybridized carbons (Fsp3) is 0.0541. The molecular formula is C37H29Cl2N3O3S. The first kappa shape index (κ1) is 32.6. The predicted molar refractivity (Wildman–Crippen MR) is 188 cm³/mol. The molecule has 5 aromatic rings. The fourth-order valence-electron chi connectivity index (χ4n) is 4.48. The Hall–Kier alpha value is -4.82. The summed E-state index contributed by atoms with van der Waals surface area (Å²) in [6, 6.07) is 37.6. The fourth-order valence-corrected chi connectivity index (χ4v) is 5.86. The average molecular weight is 667 g/mol. The number of nitrogens with one attached hydrogen (secondary N) is 3. The molecule has 5 aromatic carbocycles. The van der Waals surface area contributed by atoms with E-state index in [0.29, 0.717) is 32.5 Å². The van der Waals surface area contributed by atoms with E-state index in [0.717, 1.165) is 16.0 Å². The first-order valence-electron chi connectivity index (χ1n) is 14.3. The van der Waals surface area contributed by atoms with E-state index < -0.39 is 17.1 Å². The second-order valence-corrected chi connectivity index (χ2v) is 12.3. The van der Waals surface area contributed by atoms with Crippen LogP contribution in [0.3, 0.4) is 0 Å². The third kappa shape index (κ3) is 8.88. The van der Waals surface area contributed by atoms with E-state index in [1.54, 1.807) is 84.9 Å². The third-order valence-corrected chi connectivity index (χ3v) is 8.59. The molecule has 230 valence electrons. The predicted octanol–water partition coefficient (Wildman–Crippen LogP) is 9.18. The summed E-state index contributed by atoms with van der Waals surface area (Å²) in [6.07, 6.45) is 1.58. The Morgan fingerprint density at radius 2 is 1.39 bits per heavy atom. The maximum absolute atomic E-state index is 13.6. The highest BCUT2D eigenvalue weighted by Gasteiger charge is 2.23. The van der Waals surface area contributed by atoms with Gasteiger partial charge in [0.15, 0.2) is 0 Å². The molecule has 1 unspecified atom stereocenters. The van der Waals surface area contributed by atoms with Gasteiger partial charge in [0.2, 0.25) is 5.91 Å². The van der Waals surface area contributed by atoms with Crippen molar-refractivity contribution >= 4 is 70.1 Å². The number of carbonyl (C=O) groups excluding carboxylic acids is 3. The molecule has 0 fully saturated rings. The summed E-state index contributed by atoms with van der Waals surface area (Å²) >= 11 is 13.6. The number of rotatable bonds is 10. The molecule has 0 aromatic heterocycles. The largest absolute Gasteiger partial charge is 0.325 e. The van der Waals surface area contributed by atoms with Gasteiger partial charge in [-0.3, -0.25) is 14.4 Å². The maximum Gasteiger partial charge on any atom is 0.272 e. The number of aryl methyl sites for hydroxylation is 1. The van der Waals surface area contributed by atoms with Gasteiger partial charge in [0.05, 0.1) is 0 Å². The lowest BCUT2D eigenvalue weighted by atomic mass is 10.1. The van der Waals surface area contributed by atoms with Gasteiger partial charge >= 0.3 is 0 Å². The lowest BCUT2D eigenvalue weighted by Gasteiger charge is -2.19. The molecule has 6 nitrogen and oxygen atoms in total. The van der Waals surface area contributed by atoms with E-state index in [1.807, 2.05) is 55.5 Å². The zero-order chi connectivity index (χ0) is 32.5. The van der Waals surface area contributed by atoms with Crippen LogP contribution < -0.4 is 16.0 Å². The second kappa shape index (κ2) is 15.5. The molecule has 5 rings (SSSR count). The number of halogens is 2. The molecule has 0 saturated carbocycles. The van der Waals surface area contributed by atoms with Crippen LogP contribution >= 0.6 is 35.0 Å². The van der Waals surface area contributed by atoms with Crippen molar-refractivity contribution in [2.24, 2.45) is 0 Å². The summed E-state index contributed by atoms with van der Waals surface area (Å²) in [5.41, 5.74) is 3.97. The van der Waals surface area contributed by atoms with Crippen LogP contribution in [0.1, 0.15) is 32.3 Å². The van der Waals surface area contributed by atoms with Crippen LogP contribution in [0.25, 0.3) is 6.08 Å². The van der Waals surface area contributed by atoms with Gasteiger partial charge in [-0.25, -0.2) is 0 Å². The van der Waals surface area contributed by atoms with Crippen molar-refractivity contribution < 1.29 is 14.4 Å². The number of benzene rings is 5. The molecule has 9 heteroatoms. The summed E-state index contributed by atoms with van der Waals surface area (Å²) in [5, 5.41) is 9.13.